The Kier molecular flexibility index (Phi) is 5.15. The molecule has 1 amide bonds. The number of carbonyl (C=O) groups excluding carboxylic acids is 1. The van der Waals surface area contributed by atoms with Crippen molar-refractivity contribution in [1.82, 2.24) is 19.7 Å². The Balaban J connectivity index is 1.42. The summed E-state index contributed by atoms with van der Waals surface area (Å²) in [6, 6.07) is 20.9. The van der Waals surface area contributed by atoms with Gasteiger partial charge in [-0.05, 0) is 60.9 Å². The summed E-state index contributed by atoms with van der Waals surface area (Å²) in [6.07, 6.45) is 1.66. The second kappa shape index (κ2) is 8.24. The number of amides is 1. The maximum Gasteiger partial charge on any atom is 0.228 e. The lowest BCUT2D eigenvalue weighted by Gasteiger charge is -2.32. The van der Waals surface area contributed by atoms with Crippen molar-refractivity contribution in [2.24, 2.45) is 5.92 Å². The topological polar surface area (TPSA) is 97.2 Å². The maximum absolute atomic E-state index is 13.4. The number of hydrogen-bond acceptors (Lipinski definition) is 5. The molecule has 2 fully saturated rings. The highest BCUT2D eigenvalue weighted by Gasteiger charge is 2.58. The van der Waals surface area contributed by atoms with Gasteiger partial charge in [0.15, 0.2) is 0 Å². The number of carbonyl (C=O) groups is 1. The Morgan fingerprint density at radius 2 is 1.69 bits per heavy atom. The highest BCUT2D eigenvalue weighted by molar-refractivity contribution is 7.70. The van der Waals surface area contributed by atoms with E-state index in [9.17, 15) is 17.6 Å². The predicted octanol–water partition coefficient (Wildman–Crippen LogP) is 3.30. The Morgan fingerprint density at radius 3 is 2.37 bits per heavy atom. The van der Waals surface area contributed by atoms with Crippen molar-refractivity contribution in [3.63, 3.8) is 0 Å². The molecule has 0 unspecified atom stereocenters. The van der Waals surface area contributed by atoms with E-state index in [-0.39, 0.29) is 30.1 Å². The summed E-state index contributed by atoms with van der Waals surface area (Å²) in [5, 5.41) is 8.50. The fourth-order valence-electron chi connectivity index (χ4n) is 5.28. The molecule has 0 radical (unpaired) electrons. The molecule has 1 aliphatic carbocycles. The molecule has 1 aromatic heterocycles. The van der Waals surface area contributed by atoms with Gasteiger partial charge in [-0.1, -0.05) is 35.5 Å². The lowest BCUT2D eigenvalue weighted by molar-refractivity contribution is -0.117. The first-order valence-corrected chi connectivity index (χ1v) is 12.5. The van der Waals surface area contributed by atoms with Crippen LogP contribution in [0.2, 0.25) is 0 Å². The van der Waals surface area contributed by atoms with Crippen LogP contribution in [-0.4, -0.2) is 34.9 Å². The van der Waals surface area contributed by atoms with Crippen LogP contribution in [0.5, 0.6) is 0 Å². The van der Waals surface area contributed by atoms with E-state index in [0.717, 1.165) is 11.1 Å². The first kappa shape index (κ1) is 21.9. The molecule has 1 N–H and O–H groups in total. The Labute approximate surface area is 202 Å². The zero-order valence-electron chi connectivity index (χ0n) is 18.5. The second-order valence-electron chi connectivity index (χ2n) is 9.11. The Hall–Kier alpha value is -3.63. The smallest absolute Gasteiger partial charge is 0.228 e. The van der Waals surface area contributed by atoms with E-state index in [2.05, 4.69) is 15.0 Å². The molecule has 35 heavy (non-hydrogen) atoms. The van der Waals surface area contributed by atoms with Gasteiger partial charge in [0.25, 0.3) is 0 Å². The van der Waals surface area contributed by atoms with Crippen molar-refractivity contribution < 1.29 is 17.6 Å². The minimum absolute atomic E-state index is 0.0664. The third-order valence-electron chi connectivity index (χ3n) is 7.05. The van der Waals surface area contributed by atoms with Gasteiger partial charge in [0.05, 0.1) is 17.2 Å². The first-order chi connectivity index (χ1) is 16.9. The maximum atomic E-state index is 13.4. The molecule has 2 atom stereocenters. The van der Waals surface area contributed by atoms with Crippen LogP contribution in [0.15, 0.2) is 72.8 Å². The van der Waals surface area contributed by atoms with Crippen LogP contribution in [0, 0.1) is 11.7 Å². The molecule has 8 nitrogen and oxygen atoms in total. The number of anilines is 1. The molecule has 1 saturated heterocycles. The van der Waals surface area contributed by atoms with Crippen molar-refractivity contribution in [3.05, 3.63) is 84.2 Å². The first-order valence-electron chi connectivity index (χ1n) is 11.4. The van der Waals surface area contributed by atoms with E-state index in [4.69, 9.17) is 0 Å². The number of rotatable bonds is 6. The number of aromatic nitrogens is 3. The highest BCUT2D eigenvalue weighted by Crippen LogP contribution is 2.55. The molecule has 3 aromatic carbocycles. The number of hydrogen-bond donors (Lipinski definition) is 2. The summed E-state index contributed by atoms with van der Waals surface area (Å²) in [5.41, 5.74) is 3.02. The molecule has 6 rings (SSSR count). The number of nitrogens with zero attached hydrogens (tertiary/aromatic N) is 4. The largest absolute Gasteiger partial charge is 0.304 e. The molecule has 1 saturated carbocycles. The molecule has 2 aliphatic rings. The van der Waals surface area contributed by atoms with Gasteiger partial charge in [-0.15, -0.1) is 5.10 Å². The van der Waals surface area contributed by atoms with Crippen LogP contribution >= 0.6 is 0 Å². The van der Waals surface area contributed by atoms with Gasteiger partial charge >= 0.3 is 0 Å². The zero-order chi connectivity index (χ0) is 24.2. The summed E-state index contributed by atoms with van der Waals surface area (Å²) in [7, 11) is -2.78. The van der Waals surface area contributed by atoms with Crippen LogP contribution in [0.25, 0.3) is 16.7 Å². The predicted molar refractivity (Wildman–Crippen MR) is 129 cm³/mol. The summed E-state index contributed by atoms with van der Waals surface area (Å²) < 4.78 is 40.8. The number of thiol groups is 1. The van der Waals surface area contributed by atoms with Gasteiger partial charge in [0.1, 0.15) is 11.3 Å². The van der Waals surface area contributed by atoms with E-state index in [0.29, 0.717) is 29.7 Å². The molecular formula is C25H22FN5O3S. The van der Waals surface area contributed by atoms with E-state index in [1.54, 1.807) is 21.7 Å². The molecule has 0 spiro atoms. The summed E-state index contributed by atoms with van der Waals surface area (Å²) in [5.74, 6) is -0.599. The average Bonchev–Trinajstić information content (AvgIpc) is 3.35. The van der Waals surface area contributed by atoms with Gasteiger partial charge < -0.3 is 4.90 Å². The van der Waals surface area contributed by atoms with Crippen LogP contribution in [0.1, 0.15) is 30.9 Å². The van der Waals surface area contributed by atoms with Crippen LogP contribution in [0.4, 0.5) is 10.1 Å². The van der Waals surface area contributed by atoms with Crippen molar-refractivity contribution in [2.75, 3.05) is 4.90 Å². The number of benzene rings is 3. The molecular weight excluding hydrogens is 469 g/mol. The SMILES string of the molecule is O=C1C[C@H](C2(N[SH](=O)=O)CC2)[C@H](c2ccccc2)N1c1ccc2c(c1)nnn2-c1ccc(F)cc1. The average molecular weight is 492 g/mol. The normalized spacial score (nSPS) is 21.2. The van der Waals surface area contributed by atoms with Crippen LogP contribution in [0.3, 0.4) is 0 Å². The molecule has 1 aliphatic heterocycles. The number of halogens is 1. The Morgan fingerprint density at radius 1 is 0.971 bits per heavy atom. The summed E-state index contributed by atoms with van der Waals surface area (Å²) >= 11 is 0. The van der Waals surface area contributed by atoms with E-state index >= 15 is 0 Å². The van der Waals surface area contributed by atoms with Crippen LogP contribution < -0.4 is 9.62 Å². The third kappa shape index (κ3) is 3.78. The lowest BCUT2D eigenvalue weighted by atomic mass is 9.86. The van der Waals surface area contributed by atoms with Gasteiger partial charge in [0, 0.05) is 23.6 Å². The molecule has 178 valence electrons. The number of nitrogens with one attached hydrogen (secondary N) is 1. The minimum Gasteiger partial charge on any atom is -0.304 e. The van der Waals surface area contributed by atoms with Gasteiger partial charge in [-0.25, -0.2) is 22.2 Å². The van der Waals surface area contributed by atoms with E-state index < -0.39 is 16.4 Å². The van der Waals surface area contributed by atoms with Gasteiger partial charge in [-0.3, -0.25) is 4.79 Å². The summed E-state index contributed by atoms with van der Waals surface area (Å²) in [4.78, 5) is 15.2. The van der Waals surface area contributed by atoms with E-state index in [1.165, 1.54) is 12.1 Å². The van der Waals surface area contributed by atoms with Crippen molar-refractivity contribution >= 4 is 33.5 Å². The molecule has 0 bridgehead atoms. The second-order valence-corrected chi connectivity index (χ2v) is 9.84. The van der Waals surface area contributed by atoms with Gasteiger partial charge in [0.2, 0.25) is 16.8 Å². The highest BCUT2D eigenvalue weighted by atomic mass is 32.2. The van der Waals surface area contributed by atoms with Crippen molar-refractivity contribution in [1.29, 1.82) is 0 Å². The quantitative estimate of drug-likeness (QED) is 0.404. The summed E-state index contributed by atoms with van der Waals surface area (Å²) in [6.45, 7) is 0. The molecule has 10 heteroatoms. The minimum atomic E-state index is -2.78. The van der Waals surface area contributed by atoms with E-state index in [1.807, 2.05) is 48.5 Å². The number of fused-ring (bicyclic) bond motifs is 1. The lowest BCUT2D eigenvalue weighted by Crippen LogP contribution is -2.41. The third-order valence-corrected chi connectivity index (χ3v) is 7.68. The van der Waals surface area contributed by atoms with Gasteiger partial charge in [-0.2, -0.15) is 0 Å². The standard InChI is InChI=1S/C25H22FN5O3S/c26-17-6-8-18(9-7-17)31-22-11-10-19(14-21(22)27-29-31)30-23(32)15-20(25(12-13-25)28-35(33)34)24(30)16-4-2-1-3-5-16/h1-11,14,20,24,35H,12-13,15H2,(H,28,33,34)/t20-,24-/m0/s1. The van der Waals surface area contributed by atoms with Crippen LogP contribution in [-0.2, 0) is 15.7 Å². The fraction of sp³-hybridized carbons (Fsp3) is 0.240. The Bertz CT molecular complexity index is 1490. The fourth-order valence-corrected chi connectivity index (χ4v) is 6.04. The molecule has 2 heterocycles. The monoisotopic (exact) mass is 491 g/mol. The zero-order valence-corrected chi connectivity index (χ0v) is 19.4. The van der Waals surface area contributed by atoms with Crippen molar-refractivity contribution in [2.45, 2.75) is 30.8 Å². The van der Waals surface area contributed by atoms with Crippen molar-refractivity contribution in [3.8, 4) is 5.69 Å². The molecule has 4 aromatic rings.